The third-order valence-corrected chi connectivity index (χ3v) is 3.03. The van der Waals surface area contributed by atoms with E-state index >= 15 is 0 Å². The summed E-state index contributed by atoms with van der Waals surface area (Å²) >= 11 is 0. The van der Waals surface area contributed by atoms with Crippen LogP contribution in [0.25, 0.3) is 0 Å². The number of hydrogen-bond acceptors (Lipinski definition) is 4. The van der Waals surface area contributed by atoms with Crippen LogP contribution in [0.3, 0.4) is 0 Å². The Bertz CT molecular complexity index is 680. The van der Waals surface area contributed by atoms with Gasteiger partial charge >= 0.3 is 5.97 Å². The summed E-state index contributed by atoms with van der Waals surface area (Å²) in [7, 11) is 0. The first-order valence-electron chi connectivity index (χ1n) is 7.35. The van der Waals surface area contributed by atoms with Crippen LogP contribution in [0.2, 0.25) is 0 Å². The number of hydrogen-bond donors (Lipinski definition) is 1. The van der Waals surface area contributed by atoms with E-state index < -0.39 is 12.1 Å². The first-order valence-corrected chi connectivity index (χ1v) is 7.35. The van der Waals surface area contributed by atoms with Crippen LogP contribution in [0.15, 0.2) is 53.5 Å². The first-order chi connectivity index (χ1) is 11.1. The smallest absolute Gasteiger partial charge is 0.344 e. The molecule has 0 bridgehead atoms. The van der Waals surface area contributed by atoms with Crippen molar-refractivity contribution in [2.75, 3.05) is 6.61 Å². The van der Waals surface area contributed by atoms with Crippen molar-refractivity contribution in [2.24, 2.45) is 4.99 Å². The molecule has 5 nitrogen and oxygen atoms in total. The largest absolute Gasteiger partial charge is 0.494 e. The number of aliphatic carboxylic acids is 1. The molecule has 1 atom stereocenters. The lowest BCUT2D eigenvalue weighted by Crippen LogP contribution is -2.22. The van der Waals surface area contributed by atoms with Gasteiger partial charge in [-0.05, 0) is 55.8 Å². The van der Waals surface area contributed by atoms with Crippen LogP contribution in [-0.2, 0) is 4.79 Å². The number of carbonyl (C=O) groups is 1. The van der Waals surface area contributed by atoms with Crippen LogP contribution in [-0.4, -0.2) is 30.0 Å². The molecule has 5 heteroatoms. The second-order valence-corrected chi connectivity index (χ2v) is 4.86. The van der Waals surface area contributed by atoms with E-state index in [1.807, 2.05) is 43.3 Å². The van der Waals surface area contributed by atoms with Crippen molar-refractivity contribution in [3.05, 3.63) is 54.1 Å². The number of carboxylic acid groups (broad SMARTS) is 1. The van der Waals surface area contributed by atoms with Crippen LogP contribution in [0, 0.1) is 0 Å². The molecular weight excluding hydrogens is 294 g/mol. The Morgan fingerprint density at radius 2 is 1.96 bits per heavy atom. The molecule has 1 N–H and O–H groups in total. The Labute approximate surface area is 135 Å². The number of rotatable bonds is 7. The zero-order valence-corrected chi connectivity index (χ0v) is 13.1. The van der Waals surface area contributed by atoms with E-state index in [2.05, 4.69) is 4.99 Å². The summed E-state index contributed by atoms with van der Waals surface area (Å²) in [6.07, 6.45) is 0.853. The highest BCUT2D eigenvalue weighted by Gasteiger charge is 2.11. The maximum atomic E-state index is 10.7. The van der Waals surface area contributed by atoms with Gasteiger partial charge in [-0.1, -0.05) is 6.07 Å². The van der Waals surface area contributed by atoms with Gasteiger partial charge in [0.2, 0.25) is 0 Å². The van der Waals surface area contributed by atoms with Gasteiger partial charge in [0.25, 0.3) is 0 Å². The van der Waals surface area contributed by atoms with Gasteiger partial charge in [0, 0.05) is 12.3 Å². The number of nitrogens with zero attached hydrogens (tertiary/aromatic N) is 1. The maximum Gasteiger partial charge on any atom is 0.344 e. The summed E-state index contributed by atoms with van der Waals surface area (Å²) in [4.78, 5) is 15.1. The zero-order chi connectivity index (χ0) is 16.7. The molecule has 2 aromatic carbocycles. The van der Waals surface area contributed by atoms with Gasteiger partial charge in [0.05, 0.1) is 12.3 Å². The fraction of sp³-hybridized carbons (Fsp3) is 0.222. The van der Waals surface area contributed by atoms with Crippen molar-refractivity contribution in [2.45, 2.75) is 20.0 Å². The minimum Gasteiger partial charge on any atom is -0.494 e. The molecule has 0 saturated carbocycles. The molecule has 0 heterocycles. The molecular formula is C18H19NO4. The molecule has 0 fully saturated rings. The van der Waals surface area contributed by atoms with Crippen LogP contribution >= 0.6 is 0 Å². The average molecular weight is 313 g/mol. The Hall–Kier alpha value is -2.82. The van der Waals surface area contributed by atoms with Crippen LogP contribution in [0.1, 0.15) is 19.4 Å². The van der Waals surface area contributed by atoms with E-state index in [1.54, 1.807) is 18.3 Å². The molecule has 0 aliphatic carbocycles. The van der Waals surface area contributed by atoms with Gasteiger partial charge in [0.1, 0.15) is 11.5 Å². The van der Waals surface area contributed by atoms with E-state index in [9.17, 15) is 4.79 Å². The molecule has 2 aromatic rings. The van der Waals surface area contributed by atoms with Crippen molar-refractivity contribution < 1.29 is 19.4 Å². The molecule has 120 valence electrons. The summed E-state index contributed by atoms with van der Waals surface area (Å²) in [5.41, 5.74) is 1.69. The highest BCUT2D eigenvalue weighted by molar-refractivity contribution is 5.82. The predicted molar refractivity (Wildman–Crippen MR) is 89.0 cm³/mol. The third kappa shape index (κ3) is 5.14. The Kier molecular flexibility index (Phi) is 5.74. The van der Waals surface area contributed by atoms with Crippen LogP contribution < -0.4 is 9.47 Å². The SMILES string of the molecule is CCOc1cccc(N=Cc2ccc(O[C@H](C)C(=O)O)cc2)c1. The summed E-state index contributed by atoms with van der Waals surface area (Å²) in [6.45, 7) is 4.04. The minimum absolute atomic E-state index is 0.510. The lowest BCUT2D eigenvalue weighted by atomic mass is 10.2. The predicted octanol–water partition coefficient (Wildman–Crippen LogP) is 3.69. The van der Waals surface area contributed by atoms with Crippen molar-refractivity contribution in [1.82, 2.24) is 0 Å². The van der Waals surface area contributed by atoms with E-state index in [4.69, 9.17) is 14.6 Å². The monoisotopic (exact) mass is 313 g/mol. The van der Waals surface area contributed by atoms with Crippen molar-refractivity contribution >= 4 is 17.9 Å². The third-order valence-electron chi connectivity index (χ3n) is 3.03. The van der Waals surface area contributed by atoms with Crippen LogP contribution in [0.4, 0.5) is 5.69 Å². The summed E-state index contributed by atoms with van der Waals surface area (Å²) in [5.74, 6) is 0.300. The second kappa shape index (κ2) is 7.98. The summed E-state index contributed by atoms with van der Waals surface area (Å²) in [5, 5.41) is 8.81. The van der Waals surface area contributed by atoms with E-state index in [1.165, 1.54) is 6.92 Å². The Balaban J connectivity index is 2.02. The Morgan fingerprint density at radius 1 is 1.22 bits per heavy atom. The number of ether oxygens (including phenoxy) is 2. The number of aliphatic imine (C=N–C) groups is 1. The maximum absolute atomic E-state index is 10.7. The first kappa shape index (κ1) is 16.5. The molecule has 0 radical (unpaired) electrons. The van der Waals surface area contributed by atoms with E-state index in [0.29, 0.717) is 12.4 Å². The van der Waals surface area contributed by atoms with Gasteiger partial charge < -0.3 is 14.6 Å². The number of carboxylic acids is 1. The van der Waals surface area contributed by atoms with Crippen molar-refractivity contribution in [1.29, 1.82) is 0 Å². The average Bonchev–Trinajstić information content (AvgIpc) is 2.55. The van der Waals surface area contributed by atoms with Gasteiger partial charge in [-0.2, -0.15) is 0 Å². The number of benzene rings is 2. The molecule has 2 rings (SSSR count). The molecule has 0 aliphatic heterocycles. The molecule has 0 aliphatic rings. The molecule has 0 spiro atoms. The second-order valence-electron chi connectivity index (χ2n) is 4.86. The summed E-state index contributed by atoms with van der Waals surface area (Å²) < 4.78 is 10.7. The zero-order valence-electron chi connectivity index (χ0n) is 13.1. The lowest BCUT2D eigenvalue weighted by molar-refractivity contribution is -0.144. The molecule has 0 unspecified atom stereocenters. The quantitative estimate of drug-likeness (QED) is 0.792. The molecule has 0 amide bonds. The summed E-state index contributed by atoms with van der Waals surface area (Å²) in [6, 6.07) is 14.6. The standard InChI is InChI=1S/C18H19NO4/c1-3-22-17-6-4-5-15(11-17)19-12-14-7-9-16(10-8-14)23-13(2)18(20)21/h4-13H,3H2,1-2H3,(H,20,21)/t13-/m1/s1. The fourth-order valence-corrected chi connectivity index (χ4v) is 1.86. The van der Waals surface area contributed by atoms with Crippen molar-refractivity contribution in [3.63, 3.8) is 0 Å². The van der Waals surface area contributed by atoms with Gasteiger partial charge in [0.15, 0.2) is 6.10 Å². The van der Waals surface area contributed by atoms with Gasteiger partial charge in [-0.15, -0.1) is 0 Å². The minimum atomic E-state index is -0.996. The highest BCUT2D eigenvalue weighted by atomic mass is 16.5. The topological polar surface area (TPSA) is 68.1 Å². The Morgan fingerprint density at radius 3 is 2.61 bits per heavy atom. The van der Waals surface area contributed by atoms with Gasteiger partial charge in [-0.25, -0.2) is 4.79 Å². The molecule has 0 saturated heterocycles. The highest BCUT2D eigenvalue weighted by Crippen LogP contribution is 2.20. The normalized spacial score (nSPS) is 12.1. The fourth-order valence-electron chi connectivity index (χ4n) is 1.86. The van der Waals surface area contributed by atoms with E-state index in [-0.39, 0.29) is 0 Å². The molecule has 0 aromatic heterocycles. The lowest BCUT2D eigenvalue weighted by Gasteiger charge is -2.09. The van der Waals surface area contributed by atoms with Gasteiger partial charge in [-0.3, -0.25) is 4.99 Å². The molecule has 23 heavy (non-hydrogen) atoms. The van der Waals surface area contributed by atoms with Crippen molar-refractivity contribution in [3.8, 4) is 11.5 Å². The van der Waals surface area contributed by atoms with E-state index in [0.717, 1.165) is 17.0 Å². The van der Waals surface area contributed by atoms with Crippen LogP contribution in [0.5, 0.6) is 11.5 Å².